The molecule has 0 bridgehead atoms. The van der Waals surface area contributed by atoms with Gasteiger partial charge in [-0.05, 0) is 78.9 Å². The van der Waals surface area contributed by atoms with E-state index in [1.54, 1.807) is 4.90 Å². The molecule has 2 aliphatic rings. The fourth-order valence-electron chi connectivity index (χ4n) is 6.53. The maximum absolute atomic E-state index is 13.4. The zero-order chi connectivity index (χ0) is 37.7. The third-order valence-corrected chi connectivity index (χ3v) is 9.15. The highest BCUT2D eigenvalue weighted by Gasteiger charge is 2.30. The third kappa shape index (κ3) is 13.9. The molecule has 1 aliphatic heterocycles. The first kappa shape index (κ1) is 40.9. The highest BCUT2D eigenvalue weighted by Crippen LogP contribution is 2.25. The second-order valence-corrected chi connectivity index (χ2v) is 15.9. The smallest absolute Gasteiger partial charge is 0.410 e. The summed E-state index contributed by atoms with van der Waals surface area (Å²) in [5.41, 5.74) is 7.01. The van der Waals surface area contributed by atoms with Crippen LogP contribution in [-0.4, -0.2) is 113 Å². The molecule has 1 saturated carbocycles. The van der Waals surface area contributed by atoms with Crippen LogP contribution in [0.1, 0.15) is 98.1 Å². The number of nitrogens with zero attached hydrogens (tertiary/aromatic N) is 6. The number of aromatic nitrogens is 2. The molecule has 52 heavy (non-hydrogen) atoms. The highest BCUT2D eigenvalue weighted by molar-refractivity contribution is 5.69. The number of rotatable bonds is 15. The Morgan fingerprint density at radius 3 is 2.15 bits per heavy atom. The van der Waals surface area contributed by atoms with E-state index in [1.807, 2.05) is 83.7 Å². The standard InChI is InChI=1S/C39H64N8O5/c1-8-50-26-25-44-21-23-45(24-22-44)34-27-33(40)42-35(43-34)41-28-30-15-17-31(18-16-30)29-46(36(48)51-38(2,3)4)19-12-20-47(32-13-10-9-11-14-32)37(49)52-39(5,6)7/h15-18,27,32H,8-14,19-26,28-29H2,1-7H3,(H3,40,41,42,43). The van der Waals surface area contributed by atoms with Crippen molar-refractivity contribution in [3.8, 4) is 0 Å². The van der Waals surface area contributed by atoms with Crippen molar-refractivity contribution in [1.29, 1.82) is 0 Å². The Balaban J connectivity index is 1.34. The molecule has 2 amide bonds. The molecule has 1 saturated heterocycles. The summed E-state index contributed by atoms with van der Waals surface area (Å²) in [6.07, 6.45) is 5.34. The fourth-order valence-corrected chi connectivity index (χ4v) is 6.53. The van der Waals surface area contributed by atoms with Crippen molar-refractivity contribution in [3.63, 3.8) is 0 Å². The van der Waals surface area contributed by atoms with Crippen LogP contribution in [0.2, 0.25) is 0 Å². The Hall–Kier alpha value is -3.84. The molecule has 1 aromatic carbocycles. The maximum atomic E-state index is 13.4. The van der Waals surface area contributed by atoms with Crippen LogP contribution in [-0.2, 0) is 27.3 Å². The summed E-state index contributed by atoms with van der Waals surface area (Å²) in [6.45, 7) is 21.3. The van der Waals surface area contributed by atoms with E-state index < -0.39 is 11.2 Å². The molecule has 2 heterocycles. The minimum absolute atomic E-state index is 0.163. The average Bonchev–Trinajstić information content (AvgIpc) is 3.08. The Bertz CT molecular complexity index is 1400. The van der Waals surface area contributed by atoms with Crippen molar-refractivity contribution in [2.24, 2.45) is 0 Å². The number of benzene rings is 1. The Labute approximate surface area is 311 Å². The maximum Gasteiger partial charge on any atom is 0.410 e. The Morgan fingerprint density at radius 2 is 1.52 bits per heavy atom. The quantitative estimate of drug-likeness (QED) is 0.194. The molecule has 13 nitrogen and oxygen atoms in total. The minimum atomic E-state index is -0.629. The lowest BCUT2D eigenvalue weighted by Crippen LogP contribution is -2.47. The molecule has 1 aromatic heterocycles. The highest BCUT2D eigenvalue weighted by atomic mass is 16.6. The number of piperazine rings is 1. The lowest BCUT2D eigenvalue weighted by molar-refractivity contribution is 0.00969. The van der Waals surface area contributed by atoms with Crippen LogP contribution >= 0.6 is 0 Å². The molecule has 2 aromatic rings. The van der Waals surface area contributed by atoms with Crippen molar-refractivity contribution in [1.82, 2.24) is 24.7 Å². The largest absolute Gasteiger partial charge is 0.444 e. The van der Waals surface area contributed by atoms with E-state index in [-0.39, 0.29) is 18.2 Å². The normalized spacial score (nSPS) is 16.0. The van der Waals surface area contributed by atoms with Crippen LogP contribution in [0.15, 0.2) is 30.3 Å². The van der Waals surface area contributed by atoms with Crippen LogP contribution in [0.25, 0.3) is 0 Å². The third-order valence-electron chi connectivity index (χ3n) is 9.15. The summed E-state index contributed by atoms with van der Waals surface area (Å²) >= 11 is 0. The predicted octanol–water partition coefficient (Wildman–Crippen LogP) is 6.53. The van der Waals surface area contributed by atoms with Gasteiger partial charge in [0, 0.05) is 77.6 Å². The van der Waals surface area contributed by atoms with Crippen LogP contribution in [0.4, 0.5) is 27.2 Å². The van der Waals surface area contributed by atoms with Gasteiger partial charge in [-0.1, -0.05) is 43.5 Å². The van der Waals surface area contributed by atoms with E-state index in [0.29, 0.717) is 44.4 Å². The SMILES string of the molecule is CCOCCN1CCN(c2cc(N)nc(NCc3ccc(CN(CCCN(C(=O)OC(C)(C)C)C4CCCCC4)C(=O)OC(C)(C)C)cc3)n2)CC1. The number of hydrogen-bond donors (Lipinski definition) is 2. The van der Waals surface area contributed by atoms with Gasteiger partial charge in [-0.3, -0.25) is 4.90 Å². The number of nitrogen functional groups attached to an aromatic ring is 1. The van der Waals surface area contributed by atoms with E-state index >= 15 is 0 Å². The number of carbonyl (C=O) groups excluding carboxylic acids is 2. The van der Waals surface area contributed by atoms with Crippen molar-refractivity contribution >= 4 is 29.8 Å². The van der Waals surface area contributed by atoms with E-state index in [9.17, 15) is 9.59 Å². The molecule has 3 N–H and O–H groups in total. The van der Waals surface area contributed by atoms with Gasteiger partial charge in [0.1, 0.15) is 22.8 Å². The summed E-state index contributed by atoms with van der Waals surface area (Å²) in [5, 5.41) is 3.33. The molecule has 1 aliphatic carbocycles. The van der Waals surface area contributed by atoms with Gasteiger partial charge >= 0.3 is 12.2 Å². The van der Waals surface area contributed by atoms with E-state index in [2.05, 4.69) is 20.1 Å². The molecule has 0 unspecified atom stereocenters. The first-order valence-electron chi connectivity index (χ1n) is 19.2. The zero-order valence-electron chi connectivity index (χ0n) is 32.8. The van der Waals surface area contributed by atoms with Gasteiger partial charge in [-0.25, -0.2) is 9.59 Å². The monoisotopic (exact) mass is 724 g/mol. The molecule has 13 heteroatoms. The number of ether oxygens (including phenoxy) is 3. The molecule has 290 valence electrons. The topological polar surface area (TPSA) is 139 Å². The Kier molecular flexibility index (Phi) is 15.2. The number of nitrogens with one attached hydrogen (secondary N) is 1. The summed E-state index contributed by atoms with van der Waals surface area (Å²) < 4.78 is 17.1. The number of amides is 2. The van der Waals surface area contributed by atoms with Crippen molar-refractivity contribution in [3.05, 3.63) is 41.5 Å². The van der Waals surface area contributed by atoms with Crippen LogP contribution in [0.5, 0.6) is 0 Å². The van der Waals surface area contributed by atoms with Gasteiger partial charge in [0.15, 0.2) is 0 Å². The molecular formula is C39H64N8O5. The van der Waals surface area contributed by atoms with Crippen LogP contribution in [0, 0.1) is 0 Å². The van der Waals surface area contributed by atoms with Gasteiger partial charge in [0.2, 0.25) is 5.95 Å². The van der Waals surface area contributed by atoms with E-state index in [0.717, 1.165) is 88.6 Å². The van der Waals surface area contributed by atoms with Gasteiger partial charge in [0.05, 0.1) is 6.61 Å². The van der Waals surface area contributed by atoms with Crippen molar-refractivity contribution in [2.45, 2.75) is 117 Å². The number of nitrogens with two attached hydrogens (primary N) is 1. The number of carbonyl (C=O) groups is 2. The lowest BCUT2D eigenvalue weighted by atomic mass is 9.94. The van der Waals surface area contributed by atoms with Crippen LogP contribution < -0.4 is 16.0 Å². The zero-order valence-corrected chi connectivity index (χ0v) is 32.8. The molecule has 0 spiro atoms. The fraction of sp³-hybridized carbons (Fsp3) is 0.692. The minimum Gasteiger partial charge on any atom is -0.444 e. The molecular weight excluding hydrogens is 660 g/mol. The average molecular weight is 725 g/mol. The molecule has 0 atom stereocenters. The van der Waals surface area contributed by atoms with Gasteiger partial charge in [-0.15, -0.1) is 0 Å². The summed E-state index contributed by atoms with van der Waals surface area (Å²) in [7, 11) is 0. The summed E-state index contributed by atoms with van der Waals surface area (Å²) in [5.74, 6) is 1.74. The molecule has 0 radical (unpaired) electrons. The molecule has 4 rings (SSSR count). The molecule has 2 fully saturated rings. The van der Waals surface area contributed by atoms with Crippen LogP contribution in [0.3, 0.4) is 0 Å². The van der Waals surface area contributed by atoms with E-state index in [1.165, 1.54) is 6.42 Å². The van der Waals surface area contributed by atoms with Crippen molar-refractivity contribution in [2.75, 3.05) is 75.0 Å². The Morgan fingerprint density at radius 1 is 0.885 bits per heavy atom. The lowest BCUT2D eigenvalue weighted by Gasteiger charge is -2.36. The number of anilines is 3. The number of hydrogen-bond acceptors (Lipinski definition) is 11. The van der Waals surface area contributed by atoms with Gasteiger partial charge in [0.25, 0.3) is 0 Å². The first-order chi connectivity index (χ1) is 24.7. The van der Waals surface area contributed by atoms with Gasteiger partial charge in [-0.2, -0.15) is 9.97 Å². The summed E-state index contributed by atoms with van der Waals surface area (Å²) in [6, 6.07) is 10.1. The second-order valence-electron chi connectivity index (χ2n) is 15.9. The summed E-state index contributed by atoms with van der Waals surface area (Å²) in [4.78, 5) is 44.1. The first-order valence-corrected chi connectivity index (χ1v) is 19.2. The predicted molar refractivity (Wildman–Crippen MR) is 206 cm³/mol. The van der Waals surface area contributed by atoms with E-state index in [4.69, 9.17) is 24.9 Å². The second kappa shape index (κ2) is 19.3. The van der Waals surface area contributed by atoms with Gasteiger partial charge < -0.3 is 40.0 Å². The van der Waals surface area contributed by atoms with Crippen molar-refractivity contribution < 1.29 is 23.8 Å².